The van der Waals surface area contributed by atoms with E-state index in [0.717, 1.165) is 12.8 Å². The van der Waals surface area contributed by atoms with E-state index in [1.165, 1.54) is 0 Å². The number of aliphatic hydroxyl groups excluding tert-OH is 1. The standard InChI is InChI=1S/C22H30O4/c1-2-3-4-5-6-9-12-20-18(15-17-21(20)24)14-16-19(23)11-8-7-10-13-22(25)26/h3-4,6-9,14-20,23H,2,5,10-13H2,1H3,(H,25,26)/b4-3-,8-7-,9-6-,16-14+/t18-,19+,20+/m0/s1. The van der Waals surface area contributed by atoms with Crippen LogP contribution in [0.3, 0.4) is 0 Å². The average molecular weight is 358 g/mol. The summed E-state index contributed by atoms with van der Waals surface area (Å²) >= 11 is 0. The van der Waals surface area contributed by atoms with Crippen LogP contribution in [0.1, 0.15) is 45.4 Å². The van der Waals surface area contributed by atoms with Crippen LogP contribution in [-0.4, -0.2) is 28.1 Å². The molecule has 3 atom stereocenters. The van der Waals surface area contributed by atoms with Crippen molar-refractivity contribution in [2.24, 2.45) is 11.8 Å². The van der Waals surface area contributed by atoms with E-state index < -0.39 is 12.1 Å². The van der Waals surface area contributed by atoms with Gasteiger partial charge in [-0.05, 0) is 38.2 Å². The maximum Gasteiger partial charge on any atom is 0.303 e. The summed E-state index contributed by atoms with van der Waals surface area (Å²) in [7, 11) is 0. The monoisotopic (exact) mass is 358 g/mol. The fourth-order valence-corrected chi connectivity index (χ4v) is 2.70. The molecule has 0 aromatic heterocycles. The summed E-state index contributed by atoms with van der Waals surface area (Å²) in [5.74, 6) is -0.759. The lowest BCUT2D eigenvalue weighted by molar-refractivity contribution is -0.136. The molecule has 0 amide bonds. The second-order valence-electron chi connectivity index (χ2n) is 6.36. The Bertz CT molecular complexity index is 581. The maximum atomic E-state index is 12.0. The summed E-state index contributed by atoms with van der Waals surface area (Å²) in [6.07, 6.45) is 22.0. The SMILES string of the molecule is CC/C=C\C/C=C\C[C@H]1C(=O)C=C[C@@H]1/C=C/[C@H](O)C/C=C\CCC(=O)O. The van der Waals surface area contributed by atoms with Gasteiger partial charge in [0.1, 0.15) is 0 Å². The predicted molar refractivity (Wildman–Crippen MR) is 105 cm³/mol. The third-order valence-electron chi connectivity index (χ3n) is 4.17. The van der Waals surface area contributed by atoms with Gasteiger partial charge in [-0.1, -0.05) is 61.6 Å². The Morgan fingerprint density at radius 2 is 1.96 bits per heavy atom. The highest BCUT2D eigenvalue weighted by molar-refractivity contribution is 5.95. The molecule has 142 valence electrons. The number of hydrogen-bond donors (Lipinski definition) is 2. The van der Waals surface area contributed by atoms with Crippen molar-refractivity contribution in [3.05, 3.63) is 60.8 Å². The zero-order chi connectivity index (χ0) is 19.2. The molecule has 0 heterocycles. The topological polar surface area (TPSA) is 74.6 Å². The van der Waals surface area contributed by atoms with Gasteiger partial charge in [0.15, 0.2) is 5.78 Å². The van der Waals surface area contributed by atoms with Gasteiger partial charge in [-0.15, -0.1) is 0 Å². The summed E-state index contributed by atoms with van der Waals surface area (Å²) < 4.78 is 0. The summed E-state index contributed by atoms with van der Waals surface area (Å²) in [5, 5.41) is 18.5. The number of hydrogen-bond acceptors (Lipinski definition) is 3. The van der Waals surface area contributed by atoms with Gasteiger partial charge in [-0.25, -0.2) is 0 Å². The normalized spacial score (nSPS) is 21.8. The number of rotatable bonds is 12. The minimum atomic E-state index is -0.825. The van der Waals surface area contributed by atoms with Gasteiger partial charge in [0, 0.05) is 18.3 Å². The lowest BCUT2D eigenvalue weighted by Crippen LogP contribution is -2.14. The van der Waals surface area contributed by atoms with E-state index in [1.807, 2.05) is 12.2 Å². The van der Waals surface area contributed by atoms with Gasteiger partial charge in [-0.2, -0.15) is 0 Å². The summed E-state index contributed by atoms with van der Waals surface area (Å²) in [6.45, 7) is 2.10. The number of carboxylic acids is 1. The number of aliphatic carboxylic acids is 1. The molecule has 4 heteroatoms. The molecule has 0 aliphatic heterocycles. The van der Waals surface area contributed by atoms with Crippen LogP contribution in [0, 0.1) is 11.8 Å². The van der Waals surface area contributed by atoms with Gasteiger partial charge >= 0.3 is 5.97 Å². The van der Waals surface area contributed by atoms with E-state index in [-0.39, 0.29) is 24.0 Å². The smallest absolute Gasteiger partial charge is 0.303 e. The van der Waals surface area contributed by atoms with Gasteiger partial charge in [0.2, 0.25) is 0 Å². The molecule has 0 saturated carbocycles. The lowest BCUT2D eigenvalue weighted by Gasteiger charge is -2.13. The highest BCUT2D eigenvalue weighted by Gasteiger charge is 2.27. The Morgan fingerprint density at radius 3 is 2.69 bits per heavy atom. The van der Waals surface area contributed by atoms with Crippen LogP contribution in [0.25, 0.3) is 0 Å². The fraction of sp³-hybridized carbons (Fsp3) is 0.455. The molecule has 2 N–H and O–H groups in total. The van der Waals surface area contributed by atoms with E-state index in [4.69, 9.17) is 5.11 Å². The van der Waals surface area contributed by atoms with E-state index >= 15 is 0 Å². The van der Waals surface area contributed by atoms with Crippen molar-refractivity contribution in [2.45, 2.75) is 51.6 Å². The molecule has 0 saturated heterocycles. The van der Waals surface area contributed by atoms with Crippen molar-refractivity contribution in [3.8, 4) is 0 Å². The number of carbonyl (C=O) groups is 2. The Morgan fingerprint density at radius 1 is 1.19 bits per heavy atom. The summed E-state index contributed by atoms with van der Waals surface area (Å²) in [6, 6.07) is 0. The first kappa shape index (κ1) is 21.8. The van der Waals surface area contributed by atoms with Crippen LogP contribution < -0.4 is 0 Å². The third kappa shape index (κ3) is 9.33. The minimum Gasteiger partial charge on any atom is -0.481 e. The molecular weight excluding hydrogens is 328 g/mol. The van der Waals surface area contributed by atoms with Crippen LogP contribution in [0.4, 0.5) is 0 Å². The zero-order valence-corrected chi connectivity index (χ0v) is 15.5. The Hall–Kier alpha value is -2.20. The van der Waals surface area contributed by atoms with Crippen LogP contribution in [0.15, 0.2) is 60.8 Å². The number of aliphatic hydroxyl groups is 1. The van der Waals surface area contributed by atoms with E-state index in [0.29, 0.717) is 19.3 Å². The Kier molecular flexibility index (Phi) is 11.0. The number of carboxylic acid groups (broad SMARTS) is 1. The molecule has 1 rings (SSSR count). The van der Waals surface area contributed by atoms with Crippen molar-refractivity contribution in [2.75, 3.05) is 0 Å². The van der Waals surface area contributed by atoms with E-state index in [2.05, 4.69) is 31.2 Å². The van der Waals surface area contributed by atoms with E-state index in [9.17, 15) is 14.7 Å². The molecular formula is C22H30O4. The lowest BCUT2D eigenvalue weighted by atomic mass is 9.90. The summed E-state index contributed by atoms with van der Waals surface area (Å²) in [5.41, 5.74) is 0. The first-order valence-corrected chi connectivity index (χ1v) is 9.29. The molecule has 4 nitrogen and oxygen atoms in total. The van der Waals surface area contributed by atoms with Crippen molar-refractivity contribution in [3.63, 3.8) is 0 Å². The maximum absolute atomic E-state index is 12.0. The van der Waals surface area contributed by atoms with Crippen molar-refractivity contribution in [1.29, 1.82) is 0 Å². The van der Waals surface area contributed by atoms with Crippen LogP contribution in [0.5, 0.6) is 0 Å². The predicted octanol–water partition coefficient (Wildman–Crippen LogP) is 4.39. The van der Waals surface area contributed by atoms with Crippen molar-refractivity contribution >= 4 is 11.8 Å². The average Bonchev–Trinajstić information content (AvgIpc) is 2.95. The molecule has 0 bridgehead atoms. The fourth-order valence-electron chi connectivity index (χ4n) is 2.70. The van der Waals surface area contributed by atoms with Gasteiger partial charge < -0.3 is 10.2 Å². The molecule has 0 fully saturated rings. The molecule has 0 unspecified atom stereocenters. The Balaban J connectivity index is 2.41. The van der Waals surface area contributed by atoms with E-state index in [1.54, 1.807) is 24.3 Å². The minimum absolute atomic E-state index is 0.0176. The largest absolute Gasteiger partial charge is 0.481 e. The molecule has 0 spiro atoms. The molecule has 1 aliphatic carbocycles. The summed E-state index contributed by atoms with van der Waals surface area (Å²) in [4.78, 5) is 22.4. The van der Waals surface area contributed by atoms with Crippen LogP contribution in [-0.2, 0) is 9.59 Å². The van der Waals surface area contributed by atoms with Crippen LogP contribution >= 0.6 is 0 Å². The zero-order valence-electron chi connectivity index (χ0n) is 15.5. The molecule has 1 aliphatic rings. The van der Waals surface area contributed by atoms with Crippen molar-refractivity contribution in [1.82, 2.24) is 0 Å². The van der Waals surface area contributed by atoms with Gasteiger partial charge in [0.25, 0.3) is 0 Å². The Labute approximate surface area is 156 Å². The van der Waals surface area contributed by atoms with Gasteiger partial charge in [0.05, 0.1) is 6.10 Å². The molecule has 0 aromatic carbocycles. The number of carbonyl (C=O) groups excluding carboxylic acids is 1. The second-order valence-corrected chi connectivity index (χ2v) is 6.36. The highest BCUT2D eigenvalue weighted by Crippen LogP contribution is 2.27. The first-order chi connectivity index (χ1) is 12.5. The quantitative estimate of drug-likeness (QED) is 0.507. The first-order valence-electron chi connectivity index (χ1n) is 9.29. The number of ketones is 1. The van der Waals surface area contributed by atoms with Crippen LogP contribution in [0.2, 0.25) is 0 Å². The van der Waals surface area contributed by atoms with Crippen molar-refractivity contribution < 1.29 is 19.8 Å². The van der Waals surface area contributed by atoms with Gasteiger partial charge in [-0.3, -0.25) is 9.59 Å². The molecule has 0 radical (unpaired) electrons. The molecule has 26 heavy (non-hydrogen) atoms. The second kappa shape index (κ2) is 13.1. The molecule has 0 aromatic rings. The third-order valence-corrected chi connectivity index (χ3v) is 4.17. The number of allylic oxidation sites excluding steroid dienone is 8. The highest BCUT2D eigenvalue weighted by atomic mass is 16.4.